The fourth-order valence-electron chi connectivity index (χ4n) is 3.35. The Bertz CT molecular complexity index is 791. The van der Waals surface area contributed by atoms with Gasteiger partial charge in [-0.15, -0.1) is 0 Å². The average Bonchev–Trinajstić information content (AvgIpc) is 2.62. The van der Waals surface area contributed by atoms with E-state index >= 15 is 0 Å². The Hall–Kier alpha value is -2.58. The minimum absolute atomic E-state index is 0.650. The van der Waals surface area contributed by atoms with Crippen molar-refractivity contribution >= 4 is 11.4 Å². The minimum Gasteiger partial charge on any atom is -0.378 e. The minimum atomic E-state index is 0.650. The average molecular weight is 336 g/mol. The lowest BCUT2D eigenvalue weighted by atomic mass is 10.1. The molecule has 1 aromatic heterocycles. The van der Waals surface area contributed by atoms with Crippen molar-refractivity contribution in [1.29, 1.82) is 5.26 Å². The predicted molar refractivity (Wildman–Crippen MR) is 100 cm³/mol. The highest BCUT2D eigenvalue weighted by Gasteiger charge is 2.17. The molecule has 0 N–H and O–H groups in total. The van der Waals surface area contributed by atoms with Crippen molar-refractivity contribution in [3.05, 3.63) is 52.8 Å². The zero-order chi connectivity index (χ0) is 17.8. The summed E-state index contributed by atoms with van der Waals surface area (Å²) in [5.41, 5.74) is 5.80. The molecule has 2 aromatic rings. The summed E-state index contributed by atoms with van der Waals surface area (Å²) in [4.78, 5) is 8.93. The highest BCUT2D eigenvalue weighted by atomic mass is 16.5. The quantitative estimate of drug-likeness (QED) is 0.859. The van der Waals surface area contributed by atoms with E-state index in [1.54, 1.807) is 0 Å². The maximum atomic E-state index is 9.52. The number of pyridine rings is 1. The van der Waals surface area contributed by atoms with Crippen molar-refractivity contribution < 1.29 is 4.74 Å². The van der Waals surface area contributed by atoms with E-state index in [1.807, 2.05) is 27.0 Å². The van der Waals surface area contributed by atoms with Crippen molar-refractivity contribution in [3.63, 3.8) is 0 Å². The van der Waals surface area contributed by atoms with Gasteiger partial charge in [0, 0.05) is 38.1 Å². The van der Waals surface area contributed by atoms with Crippen molar-refractivity contribution in [2.45, 2.75) is 20.4 Å². The maximum absolute atomic E-state index is 9.52. The number of morpholine rings is 1. The van der Waals surface area contributed by atoms with Gasteiger partial charge in [-0.1, -0.05) is 18.2 Å². The molecule has 130 valence electrons. The van der Waals surface area contributed by atoms with E-state index in [4.69, 9.17) is 4.74 Å². The van der Waals surface area contributed by atoms with Crippen LogP contribution in [-0.2, 0) is 11.3 Å². The van der Waals surface area contributed by atoms with E-state index in [0.29, 0.717) is 5.56 Å². The number of nitriles is 1. The second kappa shape index (κ2) is 7.54. The monoisotopic (exact) mass is 336 g/mol. The Balaban J connectivity index is 1.90. The number of rotatable bonds is 4. The van der Waals surface area contributed by atoms with E-state index in [0.717, 1.165) is 49.9 Å². The first-order chi connectivity index (χ1) is 12.1. The molecule has 1 aliphatic rings. The van der Waals surface area contributed by atoms with Gasteiger partial charge in [-0.05, 0) is 31.5 Å². The molecule has 2 heterocycles. The molecule has 5 nitrogen and oxygen atoms in total. The van der Waals surface area contributed by atoms with Crippen LogP contribution in [0.1, 0.15) is 22.5 Å². The summed E-state index contributed by atoms with van der Waals surface area (Å²) in [6.07, 6.45) is 0. The first-order valence-corrected chi connectivity index (χ1v) is 8.60. The van der Waals surface area contributed by atoms with Crippen LogP contribution >= 0.6 is 0 Å². The number of aryl methyl sites for hydroxylation is 2. The normalized spacial score (nSPS) is 14.2. The molecule has 1 aromatic carbocycles. The summed E-state index contributed by atoms with van der Waals surface area (Å²) in [5, 5.41) is 9.52. The number of anilines is 2. The van der Waals surface area contributed by atoms with E-state index < -0.39 is 0 Å². The molecule has 0 atom stereocenters. The molecule has 0 saturated carbocycles. The first kappa shape index (κ1) is 17.2. The predicted octanol–water partition coefficient (Wildman–Crippen LogP) is 3.04. The van der Waals surface area contributed by atoms with Crippen LogP contribution in [0.25, 0.3) is 0 Å². The van der Waals surface area contributed by atoms with Gasteiger partial charge in [0.2, 0.25) is 0 Å². The molecule has 0 spiro atoms. The lowest BCUT2D eigenvalue weighted by Crippen LogP contribution is -2.37. The lowest BCUT2D eigenvalue weighted by molar-refractivity contribution is 0.122. The molecule has 0 amide bonds. The van der Waals surface area contributed by atoms with Crippen molar-refractivity contribution in [2.75, 3.05) is 43.2 Å². The Morgan fingerprint density at radius 2 is 1.96 bits per heavy atom. The van der Waals surface area contributed by atoms with Gasteiger partial charge in [0.25, 0.3) is 0 Å². The second-order valence-corrected chi connectivity index (χ2v) is 6.44. The van der Waals surface area contributed by atoms with E-state index in [9.17, 15) is 5.26 Å². The summed E-state index contributed by atoms with van der Waals surface area (Å²) in [5.74, 6) is 0. The van der Waals surface area contributed by atoms with Crippen LogP contribution in [0, 0.1) is 25.2 Å². The van der Waals surface area contributed by atoms with E-state index in [1.165, 1.54) is 11.3 Å². The number of hydrogen-bond acceptors (Lipinski definition) is 5. The molecule has 0 unspecified atom stereocenters. The molecule has 5 heteroatoms. The lowest BCUT2D eigenvalue weighted by Gasteiger charge is -2.32. The van der Waals surface area contributed by atoms with Gasteiger partial charge >= 0.3 is 0 Å². The Labute approximate surface area is 149 Å². The number of nitrogens with zero attached hydrogens (tertiary/aromatic N) is 4. The van der Waals surface area contributed by atoms with Crippen LogP contribution in [0.3, 0.4) is 0 Å². The maximum Gasteiger partial charge on any atom is 0.103 e. The molecular formula is C20H24N4O. The van der Waals surface area contributed by atoms with Gasteiger partial charge in [-0.3, -0.25) is 4.98 Å². The number of benzene rings is 1. The Morgan fingerprint density at radius 1 is 1.24 bits per heavy atom. The SMILES string of the molecule is Cc1cc(N(C)Cc2ccccc2N2CCOCC2)c(C#N)c(C)n1. The van der Waals surface area contributed by atoms with Crippen LogP contribution in [0.4, 0.5) is 11.4 Å². The third-order valence-electron chi connectivity index (χ3n) is 4.58. The number of ether oxygens (including phenoxy) is 1. The summed E-state index contributed by atoms with van der Waals surface area (Å²) in [7, 11) is 2.03. The third-order valence-corrected chi connectivity index (χ3v) is 4.58. The molecule has 0 bridgehead atoms. The smallest absolute Gasteiger partial charge is 0.103 e. The fourth-order valence-corrected chi connectivity index (χ4v) is 3.35. The Kier molecular flexibility index (Phi) is 5.20. The summed E-state index contributed by atoms with van der Waals surface area (Å²) in [6, 6.07) is 12.8. The Morgan fingerprint density at radius 3 is 2.68 bits per heavy atom. The zero-order valence-electron chi connectivity index (χ0n) is 15.1. The van der Waals surface area contributed by atoms with Crippen LogP contribution in [0.2, 0.25) is 0 Å². The molecule has 1 fully saturated rings. The molecule has 3 rings (SSSR count). The molecule has 1 saturated heterocycles. The number of aromatic nitrogens is 1. The standard InChI is InChI=1S/C20H24N4O/c1-15-12-20(18(13-21)16(2)22-15)23(3)14-17-6-4-5-7-19(17)24-8-10-25-11-9-24/h4-7,12H,8-11,14H2,1-3H3. The zero-order valence-corrected chi connectivity index (χ0v) is 15.1. The topological polar surface area (TPSA) is 52.4 Å². The largest absolute Gasteiger partial charge is 0.378 e. The van der Waals surface area contributed by atoms with Crippen molar-refractivity contribution in [1.82, 2.24) is 4.98 Å². The van der Waals surface area contributed by atoms with Gasteiger partial charge in [0.1, 0.15) is 6.07 Å². The molecular weight excluding hydrogens is 312 g/mol. The van der Waals surface area contributed by atoms with Gasteiger partial charge in [0.15, 0.2) is 0 Å². The van der Waals surface area contributed by atoms with Gasteiger partial charge in [0.05, 0.1) is 30.2 Å². The highest BCUT2D eigenvalue weighted by Crippen LogP contribution is 2.27. The van der Waals surface area contributed by atoms with Crippen molar-refractivity contribution in [2.24, 2.45) is 0 Å². The highest BCUT2D eigenvalue weighted by molar-refractivity contribution is 5.63. The van der Waals surface area contributed by atoms with Crippen LogP contribution in [0.15, 0.2) is 30.3 Å². The van der Waals surface area contributed by atoms with Gasteiger partial charge < -0.3 is 14.5 Å². The van der Waals surface area contributed by atoms with Gasteiger partial charge in [-0.25, -0.2) is 0 Å². The van der Waals surface area contributed by atoms with Crippen LogP contribution < -0.4 is 9.80 Å². The molecule has 0 radical (unpaired) electrons. The fraction of sp³-hybridized carbons (Fsp3) is 0.400. The van der Waals surface area contributed by atoms with Crippen LogP contribution in [0.5, 0.6) is 0 Å². The number of hydrogen-bond donors (Lipinski definition) is 0. The summed E-state index contributed by atoms with van der Waals surface area (Å²) >= 11 is 0. The second-order valence-electron chi connectivity index (χ2n) is 6.44. The molecule has 25 heavy (non-hydrogen) atoms. The third kappa shape index (κ3) is 3.75. The van der Waals surface area contributed by atoms with E-state index in [2.05, 4.69) is 45.1 Å². The summed E-state index contributed by atoms with van der Waals surface area (Å²) < 4.78 is 5.47. The molecule has 1 aliphatic heterocycles. The molecule has 0 aliphatic carbocycles. The summed E-state index contributed by atoms with van der Waals surface area (Å²) in [6.45, 7) is 7.97. The van der Waals surface area contributed by atoms with E-state index in [-0.39, 0.29) is 0 Å². The van der Waals surface area contributed by atoms with Crippen molar-refractivity contribution in [3.8, 4) is 6.07 Å². The number of para-hydroxylation sites is 1. The van der Waals surface area contributed by atoms with Gasteiger partial charge in [-0.2, -0.15) is 5.26 Å². The van der Waals surface area contributed by atoms with Crippen LogP contribution in [-0.4, -0.2) is 38.3 Å². The first-order valence-electron chi connectivity index (χ1n) is 8.60.